The highest BCUT2D eigenvalue weighted by Crippen LogP contribution is 2.31. The minimum atomic E-state index is 0.00358. The minimum absolute atomic E-state index is 0.00358. The van der Waals surface area contributed by atoms with Crippen LogP contribution in [0.25, 0.3) is 0 Å². The van der Waals surface area contributed by atoms with Gasteiger partial charge in [-0.15, -0.1) is 0 Å². The van der Waals surface area contributed by atoms with Crippen LogP contribution in [-0.2, 0) is 14.3 Å². The van der Waals surface area contributed by atoms with Crippen molar-refractivity contribution in [2.45, 2.75) is 149 Å². The van der Waals surface area contributed by atoms with E-state index in [1.54, 1.807) is 0 Å². The lowest BCUT2D eigenvalue weighted by Crippen LogP contribution is -2.13. The number of esters is 1. The quantitative estimate of drug-likeness (QED) is 0.109. The fraction of sp³-hybridized carbons (Fsp3) is 0.962. The van der Waals surface area contributed by atoms with Gasteiger partial charge in [-0.2, -0.15) is 0 Å². The van der Waals surface area contributed by atoms with Gasteiger partial charge in [0.15, 0.2) is 0 Å². The molecule has 3 nitrogen and oxygen atoms in total. The van der Waals surface area contributed by atoms with Crippen LogP contribution in [0.1, 0.15) is 136 Å². The zero-order valence-electron chi connectivity index (χ0n) is 19.9. The van der Waals surface area contributed by atoms with E-state index in [0.717, 1.165) is 19.3 Å². The fourth-order valence-corrected chi connectivity index (χ4v) is 4.14. The van der Waals surface area contributed by atoms with Gasteiger partial charge >= 0.3 is 5.97 Å². The predicted molar refractivity (Wildman–Crippen MR) is 123 cm³/mol. The Hall–Kier alpha value is -0.570. The van der Waals surface area contributed by atoms with E-state index in [1.807, 2.05) is 0 Å². The minimum Gasteiger partial charge on any atom is -0.465 e. The number of carbonyl (C=O) groups is 1. The number of epoxide rings is 1. The summed E-state index contributed by atoms with van der Waals surface area (Å²) in [6.07, 6.45) is 23.1. The summed E-state index contributed by atoms with van der Waals surface area (Å²) in [5, 5.41) is 0. The maximum absolute atomic E-state index is 11.9. The molecule has 172 valence electrons. The highest BCUT2D eigenvalue weighted by atomic mass is 16.6. The Morgan fingerprint density at radius 3 is 1.90 bits per heavy atom. The molecular formula is C26H50O3. The second-order valence-corrected chi connectivity index (χ2v) is 9.18. The number of rotatable bonds is 21. The molecule has 0 aromatic rings. The van der Waals surface area contributed by atoms with E-state index >= 15 is 0 Å². The molecule has 0 bridgehead atoms. The maximum Gasteiger partial charge on any atom is 0.305 e. The van der Waals surface area contributed by atoms with E-state index < -0.39 is 0 Å². The van der Waals surface area contributed by atoms with Crippen LogP contribution < -0.4 is 0 Å². The number of carbonyl (C=O) groups excluding carboxylic acids is 1. The third kappa shape index (κ3) is 15.0. The standard InChI is InChI=1S/C26H50O3/c1-4-7-9-10-12-15-19-24-25(29-24)20-16-13-11-14-17-21-26(27)28-22-23(6-3)18-8-5-2/h23-25H,4-22H2,1-3H3/t23-,24-,25+/m0/s1. The van der Waals surface area contributed by atoms with Crippen LogP contribution in [0.4, 0.5) is 0 Å². The first-order chi connectivity index (χ1) is 14.2. The Labute approximate surface area is 181 Å². The zero-order valence-corrected chi connectivity index (χ0v) is 19.9. The van der Waals surface area contributed by atoms with Gasteiger partial charge in [0.2, 0.25) is 0 Å². The highest BCUT2D eigenvalue weighted by Gasteiger charge is 2.36. The summed E-state index contributed by atoms with van der Waals surface area (Å²) in [5.74, 6) is 0.553. The van der Waals surface area contributed by atoms with Crippen molar-refractivity contribution in [3.63, 3.8) is 0 Å². The van der Waals surface area contributed by atoms with Crippen molar-refractivity contribution in [2.75, 3.05) is 6.61 Å². The van der Waals surface area contributed by atoms with Gasteiger partial charge in [-0.25, -0.2) is 0 Å². The van der Waals surface area contributed by atoms with Gasteiger partial charge in [0.05, 0.1) is 18.8 Å². The topological polar surface area (TPSA) is 38.8 Å². The molecule has 3 heteroatoms. The Kier molecular flexibility index (Phi) is 16.6. The average Bonchev–Trinajstić information content (AvgIpc) is 3.48. The molecule has 0 radical (unpaired) electrons. The number of hydrogen-bond donors (Lipinski definition) is 0. The summed E-state index contributed by atoms with van der Waals surface area (Å²) in [7, 11) is 0. The first-order valence-corrected chi connectivity index (χ1v) is 13.0. The van der Waals surface area contributed by atoms with Crippen molar-refractivity contribution in [3.05, 3.63) is 0 Å². The second kappa shape index (κ2) is 18.2. The molecule has 29 heavy (non-hydrogen) atoms. The third-order valence-electron chi connectivity index (χ3n) is 6.42. The average molecular weight is 411 g/mol. The molecule has 0 aromatic heterocycles. The molecule has 1 fully saturated rings. The molecule has 1 heterocycles. The van der Waals surface area contributed by atoms with E-state index in [9.17, 15) is 4.79 Å². The fourth-order valence-electron chi connectivity index (χ4n) is 4.14. The Morgan fingerprint density at radius 1 is 0.759 bits per heavy atom. The second-order valence-electron chi connectivity index (χ2n) is 9.18. The Morgan fingerprint density at radius 2 is 1.31 bits per heavy atom. The molecular weight excluding hydrogens is 360 g/mol. The molecule has 0 amide bonds. The number of ether oxygens (including phenoxy) is 2. The maximum atomic E-state index is 11.9. The molecule has 0 saturated carbocycles. The summed E-state index contributed by atoms with van der Waals surface area (Å²) in [4.78, 5) is 11.9. The van der Waals surface area contributed by atoms with Crippen LogP contribution in [0.15, 0.2) is 0 Å². The van der Waals surface area contributed by atoms with Crippen molar-refractivity contribution in [1.29, 1.82) is 0 Å². The SMILES string of the molecule is CCCCCCCC[C@@H]1O[C@@H]1CCCCCCCC(=O)OC[C@@H](CC)CCCC. The summed E-state index contributed by atoms with van der Waals surface area (Å²) in [6.45, 7) is 7.30. The van der Waals surface area contributed by atoms with Gasteiger partial charge in [0.25, 0.3) is 0 Å². The Bertz CT molecular complexity index is 382. The van der Waals surface area contributed by atoms with E-state index in [-0.39, 0.29) is 5.97 Å². The van der Waals surface area contributed by atoms with Gasteiger partial charge in [-0.3, -0.25) is 4.79 Å². The molecule has 0 aliphatic carbocycles. The van der Waals surface area contributed by atoms with E-state index in [4.69, 9.17) is 9.47 Å². The van der Waals surface area contributed by atoms with Gasteiger partial charge in [-0.05, 0) is 31.6 Å². The smallest absolute Gasteiger partial charge is 0.305 e. The van der Waals surface area contributed by atoms with Crippen molar-refractivity contribution in [1.82, 2.24) is 0 Å². The largest absolute Gasteiger partial charge is 0.465 e. The van der Waals surface area contributed by atoms with Gasteiger partial charge < -0.3 is 9.47 Å². The van der Waals surface area contributed by atoms with Gasteiger partial charge in [-0.1, -0.05) is 104 Å². The van der Waals surface area contributed by atoms with Crippen LogP contribution in [-0.4, -0.2) is 24.8 Å². The first kappa shape index (κ1) is 26.5. The number of unbranched alkanes of at least 4 members (excludes halogenated alkanes) is 10. The van der Waals surface area contributed by atoms with Crippen LogP contribution >= 0.6 is 0 Å². The molecule has 1 rings (SSSR count). The third-order valence-corrected chi connectivity index (χ3v) is 6.42. The lowest BCUT2D eigenvalue weighted by atomic mass is 10.0. The molecule has 0 spiro atoms. The van der Waals surface area contributed by atoms with Crippen molar-refractivity contribution >= 4 is 5.97 Å². The highest BCUT2D eigenvalue weighted by molar-refractivity contribution is 5.69. The van der Waals surface area contributed by atoms with Crippen LogP contribution in [0.5, 0.6) is 0 Å². The normalized spacial score (nSPS) is 19.3. The van der Waals surface area contributed by atoms with E-state index in [2.05, 4.69) is 20.8 Å². The van der Waals surface area contributed by atoms with Crippen LogP contribution in [0, 0.1) is 5.92 Å². The van der Waals surface area contributed by atoms with E-state index in [0.29, 0.717) is 31.2 Å². The monoisotopic (exact) mass is 410 g/mol. The van der Waals surface area contributed by atoms with Gasteiger partial charge in [0.1, 0.15) is 0 Å². The molecule has 0 aromatic carbocycles. The molecule has 0 N–H and O–H groups in total. The molecule has 1 saturated heterocycles. The van der Waals surface area contributed by atoms with Crippen molar-refractivity contribution in [3.8, 4) is 0 Å². The van der Waals surface area contributed by atoms with Crippen molar-refractivity contribution in [2.24, 2.45) is 5.92 Å². The lowest BCUT2D eigenvalue weighted by molar-refractivity contribution is -0.145. The Balaban J connectivity index is 1.84. The first-order valence-electron chi connectivity index (χ1n) is 13.0. The summed E-state index contributed by atoms with van der Waals surface area (Å²) < 4.78 is 11.3. The molecule has 1 aliphatic rings. The van der Waals surface area contributed by atoms with E-state index in [1.165, 1.54) is 89.9 Å². The molecule has 3 atom stereocenters. The van der Waals surface area contributed by atoms with Gasteiger partial charge in [0, 0.05) is 6.42 Å². The molecule has 0 unspecified atom stereocenters. The number of hydrogen-bond acceptors (Lipinski definition) is 3. The molecule has 1 aliphatic heterocycles. The van der Waals surface area contributed by atoms with Crippen molar-refractivity contribution < 1.29 is 14.3 Å². The summed E-state index contributed by atoms with van der Waals surface area (Å²) >= 11 is 0. The van der Waals surface area contributed by atoms with Crippen LogP contribution in [0.2, 0.25) is 0 Å². The zero-order chi connectivity index (χ0) is 21.2. The summed E-state index contributed by atoms with van der Waals surface area (Å²) in [6, 6.07) is 0. The van der Waals surface area contributed by atoms with Crippen LogP contribution in [0.3, 0.4) is 0 Å². The lowest BCUT2D eigenvalue weighted by Gasteiger charge is -2.14. The predicted octanol–water partition coefficient (Wildman–Crippen LogP) is 7.99. The summed E-state index contributed by atoms with van der Waals surface area (Å²) in [5.41, 5.74) is 0.